The molecule has 0 amide bonds. The quantitative estimate of drug-likeness (QED) is 0.432. The second-order valence-electron chi connectivity index (χ2n) is 2.87. The number of nitrogens with two attached hydrogens (primary N) is 1. The Kier molecular flexibility index (Phi) is 3.67. The topological polar surface area (TPSA) is 26.0 Å². The Labute approximate surface area is 88.8 Å². The van der Waals surface area contributed by atoms with Gasteiger partial charge in [0, 0.05) is 0 Å². The SMILES string of the molecule is CCc1cccc(C(N)(F)[I-]C)c1. The third kappa shape index (κ3) is 2.64. The molecular formula is C10H14FIN-. The summed E-state index contributed by atoms with van der Waals surface area (Å²) in [5.74, 6) is 0. The van der Waals surface area contributed by atoms with Gasteiger partial charge in [0.05, 0.1) is 0 Å². The van der Waals surface area contributed by atoms with E-state index in [9.17, 15) is 4.39 Å². The van der Waals surface area contributed by atoms with Crippen molar-refractivity contribution in [1.29, 1.82) is 0 Å². The fourth-order valence-electron chi connectivity index (χ4n) is 1.11. The normalized spacial score (nSPS) is 15.7. The van der Waals surface area contributed by atoms with Crippen LogP contribution >= 0.6 is 0 Å². The summed E-state index contributed by atoms with van der Waals surface area (Å²) in [6.07, 6.45) is 0.923. The third-order valence-electron chi connectivity index (χ3n) is 2.00. The first-order chi connectivity index (χ1) is 6.10. The molecule has 1 aromatic rings. The van der Waals surface area contributed by atoms with Gasteiger partial charge in [-0.25, -0.2) is 0 Å². The summed E-state index contributed by atoms with van der Waals surface area (Å²) >= 11 is -0.625. The van der Waals surface area contributed by atoms with Gasteiger partial charge in [0.25, 0.3) is 0 Å². The molecule has 0 saturated carbocycles. The standard InChI is InChI=1S/C10H14FIN/c1-3-8-5-4-6-9(7-8)10(11,13)12-2/h4-7H,3,13H2,1-2H3/q-1. The van der Waals surface area contributed by atoms with Gasteiger partial charge in [-0.05, 0) is 0 Å². The first-order valence-electron chi connectivity index (χ1n) is 4.18. The minimum atomic E-state index is -1.57. The van der Waals surface area contributed by atoms with Gasteiger partial charge in [-0.1, -0.05) is 0 Å². The summed E-state index contributed by atoms with van der Waals surface area (Å²) in [6, 6.07) is 7.49. The molecule has 0 fully saturated rings. The van der Waals surface area contributed by atoms with Crippen LogP contribution < -0.4 is 26.9 Å². The van der Waals surface area contributed by atoms with E-state index < -0.39 is 25.0 Å². The number of aryl methyl sites for hydroxylation is 1. The molecule has 2 N–H and O–H groups in total. The van der Waals surface area contributed by atoms with Crippen LogP contribution in [0, 0.1) is 0 Å². The van der Waals surface area contributed by atoms with Crippen molar-refractivity contribution in [3.8, 4) is 0 Å². The van der Waals surface area contributed by atoms with Crippen LogP contribution in [-0.2, 0) is 10.2 Å². The molecule has 0 aliphatic heterocycles. The van der Waals surface area contributed by atoms with E-state index in [2.05, 4.69) is 6.92 Å². The van der Waals surface area contributed by atoms with Gasteiger partial charge >= 0.3 is 88.8 Å². The summed E-state index contributed by atoms with van der Waals surface area (Å²) in [6.45, 7) is 2.05. The van der Waals surface area contributed by atoms with Gasteiger partial charge < -0.3 is 0 Å². The molecule has 0 spiro atoms. The molecule has 0 aliphatic rings. The van der Waals surface area contributed by atoms with Crippen molar-refractivity contribution in [1.82, 2.24) is 0 Å². The van der Waals surface area contributed by atoms with Crippen molar-refractivity contribution in [3.63, 3.8) is 0 Å². The molecule has 1 atom stereocenters. The van der Waals surface area contributed by atoms with Gasteiger partial charge in [0.15, 0.2) is 0 Å². The molecule has 0 radical (unpaired) electrons. The van der Waals surface area contributed by atoms with Crippen LogP contribution in [-0.4, -0.2) is 4.93 Å². The molecule has 3 heteroatoms. The zero-order valence-electron chi connectivity index (χ0n) is 7.85. The number of alkyl halides is 3. The van der Waals surface area contributed by atoms with E-state index in [4.69, 9.17) is 5.73 Å². The van der Waals surface area contributed by atoms with E-state index in [1.165, 1.54) is 0 Å². The van der Waals surface area contributed by atoms with Gasteiger partial charge in [-0.3, -0.25) is 0 Å². The van der Waals surface area contributed by atoms with Gasteiger partial charge in [-0.2, -0.15) is 0 Å². The fraction of sp³-hybridized carbons (Fsp3) is 0.400. The number of hydrogen-bond donors (Lipinski definition) is 1. The fourth-order valence-corrected chi connectivity index (χ4v) is 2.07. The predicted molar refractivity (Wildman–Crippen MR) is 48.7 cm³/mol. The van der Waals surface area contributed by atoms with Crippen LogP contribution in [0.3, 0.4) is 0 Å². The van der Waals surface area contributed by atoms with Gasteiger partial charge in [0.1, 0.15) is 0 Å². The molecule has 1 unspecified atom stereocenters. The molecule has 0 aliphatic carbocycles. The van der Waals surface area contributed by atoms with E-state index >= 15 is 0 Å². The maximum atomic E-state index is 13.7. The summed E-state index contributed by atoms with van der Waals surface area (Å²) in [5, 5.41) is 0. The molecule has 1 rings (SSSR count). The van der Waals surface area contributed by atoms with Crippen LogP contribution in [0.25, 0.3) is 0 Å². The van der Waals surface area contributed by atoms with Crippen LogP contribution in [0.15, 0.2) is 24.3 Å². The van der Waals surface area contributed by atoms with Crippen molar-refractivity contribution in [2.75, 3.05) is 4.93 Å². The zero-order chi connectivity index (χ0) is 9.90. The van der Waals surface area contributed by atoms with E-state index in [1.807, 2.05) is 23.1 Å². The van der Waals surface area contributed by atoms with Gasteiger partial charge in [-0.15, -0.1) is 0 Å². The zero-order valence-corrected chi connectivity index (χ0v) is 10.0. The average molecular weight is 294 g/mol. The van der Waals surface area contributed by atoms with E-state index in [0.29, 0.717) is 5.56 Å². The molecule has 13 heavy (non-hydrogen) atoms. The summed E-state index contributed by atoms with van der Waals surface area (Å²) in [7, 11) is 0. The minimum absolute atomic E-state index is 0.625. The molecule has 0 aromatic heterocycles. The molecule has 74 valence electrons. The Balaban J connectivity index is 3.01. The van der Waals surface area contributed by atoms with Crippen molar-refractivity contribution in [2.24, 2.45) is 5.73 Å². The number of hydrogen-bond acceptors (Lipinski definition) is 1. The maximum absolute atomic E-state index is 13.7. The Bertz CT molecular complexity index is 286. The summed E-state index contributed by atoms with van der Waals surface area (Å²) in [4.78, 5) is 1.86. The molecule has 0 bridgehead atoms. The summed E-state index contributed by atoms with van der Waals surface area (Å²) in [5.41, 5.74) is 7.31. The molecule has 1 aromatic carbocycles. The van der Waals surface area contributed by atoms with Crippen LogP contribution in [0.4, 0.5) is 4.39 Å². The first kappa shape index (κ1) is 10.9. The Morgan fingerprint density at radius 1 is 1.54 bits per heavy atom. The molecule has 0 saturated heterocycles. The molecular weight excluding hydrogens is 280 g/mol. The van der Waals surface area contributed by atoms with Gasteiger partial charge in [0.2, 0.25) is 0 Å². The molecule has 0 heterocycles. The Hall–Kier alpha value is -0.160. The van der Waals surface area contributed by atoms with Crippen LogP contribution in [0.1, 0.15) is 18.1 Å². The van der Waals surface area contributed by atoms with Crippen molar-refractivity contribution in [3.05, 3.63) is 35.4 Å². The first-order valence-corrected chi connectivity index (χ1v) is 7.41. The number of benzene rings is 1. The van der Waals surface area contributed by atoms with Crippen molar-refractivity contribution >= 4 is 0 Å². The monoisotopic (exact) mass is 294 g/mol. The van der Waals surface area contributed by atoms with E-state index in [0.717, 1.165) is 12.0 Å². The average Bonchev–Trinajstić information content (AvgIpc) is 2.18. The number of halogens is 2. The van der Waals surface area contributed by atoms with Crippen LogP contribution in [0.5, 0.6) is 0 Å². The second-order valence-corrected chi connectivity index (χ2v) is 5.51. The van der Waals surface area contributed by atoms with Crippen LogP contribution in [0.2, 0.25) is 0 Å². The Morgan fingerprint density at radius 2 is 2.23 bits per heavy atom. The predicted octanol–water partition coefficient (Wildman–Crippen LogP) is -0.994. The molecule has 1 nitrogen and oxygen atoms in total. The number of rotatable bonds is 3. The summed E-state index contributed by atoms with van der Waals surface area (Å²) < 4.78 is 12.1. The van der Waals surface area contributed by atoms with E-state index in [1.54, 1.807) is 6.07 Å². The Morgan fingerprint density at radius 3 is 2.77 bits per heavy atom. The van der Waals surface area contributed by atoms with Crippen molar-refractivity contribution in [2.45, 2.75) is 17.1 Å². The van der Waals surface area contributed by atoms with Crippen molar-refractivity contribution < 1.29 is 25.6 Å². The second kappa shape index (κ2) is 4.37. The van der Waals surface area contributed by atoms with E-state index in [-0.39, 0.29) is 0 Å². The third-order valence-corrected chi connectivity index (χ3v) is 4.19.